The van der Waals surface area contributed by atoms with Crippen molar-refractivity contribution in [1.82, 2.24) is 0 Å². The standard InChI is InChI=1S/C15H12FNO5S/c1-9(18)10-3-2-4-12(7-10)23(21,22)17-14-6-5-11(16)8-13(14)15(19)20/h2-8,17H,1H3,(H,19,20). The summed E-state index contributed by atoms with van der Waals surface area (Å²) >= 11 is 0. The number of sulfonamides is 1. The quantitative estimate of drug-likeness (QED) is 0.817. The Kier molecular flexibility index (Phi) is 4.46. The largest absolute Gasteiger partial charge is 0.478 e. The third-order valence-corrected chi connectivity index (χ3v) is 4.37. The molecule has 2 rings (SSSR count). The molecule has 0 spiro atoms. The number of rotatable bonds is 5. The molecule has 0 aliphatic carbocycles. The molecule has 0 fully saturated rings. The molecule has 23 heavy (non-hydrogen) atoms. The molecule has 0 atom stereocenters. The molecule has 0 amide bonds. The van der Waals surface area contributed by atoms with Crippen molar-refractivity contribution in [3.63, 3.8) is 0 Å². The summed E-state index contributed by atoms with van der Waals surface area (Å²) in [6, 6.07) is 7.97. The zero-order chi connectivity index (χ0) is 17.2. The number of halogens is 1. The second-order valence-corrected chi connectivity index (χ2v) is 6.37. The van der Waals surface area contributed by atoms with Crippen LogP contribution in [-0.4, -0.2) is 25.3 Å². The highest BCUT2D eigenvalue weighted by atomic mass is 32.2. The lowest BCUT2D eigenvalue weighted by Crippen LogP contribution is -2.16. The first-order chi connectivity index (χ1) is 10.7. The summed E-state index contributed by atoms with van der Waals surface area (Å²) in [5.74, 6) is -2.58. The van der Waals surface area contributed by atoms with Gasteiger partial charge in [-0.2, -0.15) is 0 Å². The first kappa shape index (κ1) is 16.6. The number of carbonyl (C=O) groups is 2. The van der Waals surface area contributed by atoms with E-state index in [0.717, 1.165) is 12.1 Å². The number of nitrogens with one attached hydrogen (secondary N) is 1. The van der Waals surface area contributed by atoms with Crippen LogP contribution in [0.1, 0.15) is 27.6 Å². The smallest absolute Gasteiger partial charge is 0.337 e. The van der Waals surface area contributed by atoms with Crippen molar-refractivity contribution in [1.29, 1.82) is 0 Å². The Balaban J connectivity index is 2.45. The minimum absolute atomic E-state index is 0.199. The molecule has 0 saturated heterocycles. The third kappa shape index (κ3) is 3.72. The molecule has 8 heteroatoms. The van der Waals surface area contributed by atoms with Crippen LogP contribution in [0.2, 0.25) is 0 Å². The van der Waals surface area contributed by atoms with E-state index in [1.165, 1.54) is 31.2 Å². The molecular formula is C15H12FNO5S. The Hall–Kier alpha value is -2.74. The topological polar surface area (TPSA) is 101 Å². The van der Waals surface area contributed by atoms with Gasteiger partial charge in [0.05, 0.1) is 16.1 Å². The van der Waals surface area contributed by atoms with Crippen LogP contribution in [0.3, 0.4) is 0 Å². The zero-order valence-corrected chi connectivity index (χ0v) is 12.7. The van der Waals surface area contributed by atoms with Gasteiger partial charge >= 0.3 is 5.97 Å². The number of hydrogen-bond donors (Lipinski definition) is 2. The normalized spacial score (nSPS) is 11.0. The maximum atomic E-state index is 13.1. The number of benzene rings is 2. The van der Waals surface area contributed by atoms with Gasteiger partial charge in [0.2, 0.25) is 0 Å². The molecule has 0 radical (unpaired) electrons. The Bertz CT molecular complexity index is 892. The summed E-state index contributed by atoms with van der Waals surface area (Å²) in [5, 5.41) is 9.03. The van der Waals surface area contributed by atoms with Gasteiger partial charge in [-0.3, -0.25) is 9.52 Å². The zero-order valence-electron chi connectivity index (χ0n) is 11.9. The van der Waals surface area contributed by atoms with Gasteiger partial charge in [0.15, 0.2) is 5.78 Å². The Morgan fingerprint density at radius 2 is 1.83 bits per heavy atom. The molecule has 2 aromatic rings. The van der Waals surface area contributed by atoms with E-state index in [2.05, 4.69) is 4.72 Å². The minimum atomic E-state index is -4.13. The number of Topliss-reactive ketones (excluding diaryl/α,β-unsaturated/α-hetero) is 1. The molecule has 0 aromatic heterocycles. The maximum absolute atomic E-state index is 13.1. The maximum Gasteiger partial charge on any atom is 0.337 e. The van der Waals surface area contributed by atoms with Crippen molar-refractivity contribution in [2.24, 2.45) is 0 Å². The van der Waals surface area contributed by atoms with Gasteiger partial charge in [0.25, 0.3) is 10.0 Å². The number of carboxylic acids is 1. The second kappa shape index (κ2) is 6.17. The monoisotopic (exact) mass is 337 g/mol. The lowest BCUT2D eigenvalue weighted by molar-refractivity contribution is 0.0697. The summed E-state index contributed by atoms with van der Waals surface area (Å²) in [7, 11) is -4.13. The van der Waals surface area contributed by atoms with Gasteiger partial charge in [0.1, 0.15) is 5.82 Å². The first-order valence-corrected chi connectivity index (χ1v) is 7.85. The minimum Gasteiger partial charge on any atom is -0.478 e. The predicted octanol–water partition coefficient (Wildman–Crippen LogP) is 2.53. The Labute approximate surface area is 131 Å². The molecule has 0 aliphatic rings. The van der Waals surface area contributed by atoms with Gasteiger partial charge < -0.3 is 5.11 Å². The van der Waals surface area contributed by atoms with Crippen molar-refractivity contribution < 1.29 is 27.5 Å². The van der Waals surface area contributed by atoms with Crippen LogP contribution in [-0.2, 0) is 10.0 Å². The van der Waals surface area contributed by atoms with E-state index in [1.807, 2.05) is 0 Å². The molecule has 0 bridgehead atoms. The van der Waals surface area contributed by atoms with Crippen LogP contribution >= 0.6 is 0 Å². The molecule has 2 N–H and O–H groups in total. The molecular weight excluding hydrogens is 325 g/mol. The van der Waals surface area contributed by atoms with Crippen LogP contribution in [0, 0.1) is 5.82 Å². The van der Waals surface area contributed by atoms with Crippen LogP contribution in [0.5, 0.6) is 0 Å². The summed E-state index contributed by atoms with van der Waals surface area (Å²) in [4.78, 5) is 22.2. The van der Waals surface area contributed by atoms with Crippen molar-refractivity contribution >= 4 is 27.5 Å². The number of anilines is 1. The molecule has 0 aliphatic heterocycles. The van der Waals surface area contributed by atoms with Gasteiger partial charge in [-0.25, -0.2) is 17.6 Å². The fourth-order valence-electron chi connectivity index (χ4n) is 1.87. The van der Waals surface area contributed by atoms with E-state index in [9.17, 15) is 22.4 Å². The number of aromatic carboxylic acids is 1. The highest BCUT2D eigenvalue weighted by Gasteiger charge is 2.19. The number of carbonyl (C=O) groups excluding carboxylic acids is 1. The Morgan fingerprint density at radius 1 is 1.13 bits per heavy atom. The summed E-state index contributed by atoms with van der Waals surface area (Å²) < 4.78 is 39.9. The average molecular weight is 337 g/mol. The molecule has 0 unspecified atom stereocenters. The van der Waals surface area contributed by atoms with E-state index in [4.69, 9.17) is 5.11 Å². The van der Waals surface area contributed by atoms with E-state index in [1.54, 1.807) is 0 Å². The van der Waals surface area contributed by atoms with E-state index >= 15 is 0 Å². The third-order valence-electron chi connectivity index (χ3n) is 3.01. The van der Waals surface area contributed by atoms with E-state index in [0.29, 0.717) is 6.07 Å². The number of carboxylic acid groups (broad SMARTS) is 1. The molecule has 6 nitrogen and oxygen atoms in total. The summed E-state index contributed by atoms with van der Waals surface area (Å²) in [6.45, 7) is 1.29. The predicted molar refractivity (Wildman–Crippen MR) is 80.6 cm³/mol. The SMILES string of the molecule is CC(=O)c1cccc(S(=O)(=O)Nc2ccc(F)cc2C(=O)O)c1. The van der Waals surface area contributed by atoms with Gasteiger partial charge in [-0.15, -0.1) is 0 Å². The Morgan fingerprint density at radius 3 is 2.43 bits per heavy atom. The van der Waals surface area contributed by atoms with Crippen molar-refractivity contribution in [2.75, 3.05) is 4.72 Å². The van der Waals surface area contributed by atoms with Crippen molar-refractivity contribution in [3.8, 4) is 0 Å². The van der Waals surface area contributed by atoms with E-state index < -0.39 is 27.4 Å². The first-order valence-electron chi connectivity index (χ1n) is 6.37. The van der Waals surface area contributed by atoms with Crippen molar-refractivity contribution in [3.05, 3.63) is 59.4 Å². The summed E-state index contributed by atoms with van der Waals surface area (Å²) in [6.07, 6.45) is 0. The van der Waals surface area contributed by atoms with Crippen LogP contribution in [0.15, 0.2) is 47.4 Å². The average Bonchev–Trinajstić information content (AvgIpc) is 2.48. The highest BCUT2D eigenvalue weighted by molar-refractivity contribution is 7.92. The van der Waals surface area contributed by atoms with Crippen LogP contribution in [0.25, 0.3) is 0 Å². The van der Waals surface area contributed by atoms with E-state index in [-0.39, 0.29) is 21.9 Å². The van der Waals surface area contributed by atoms with Crippen LogP contribution in [0.4, 0.5) is 10.1 Å². The lowest BCUT2D eigenvalue weighted by atomic mass is 10.2. The van der Waals surface area contributed by atoms with Gasteiger partial charge in [0, 0.05) is 5.56 Å². The summed E-state index contributed by atoms with van der Waals surface area (Å²) in [5.41, 5.74) is -0.589. The van der Waals surface area contributed by atoms with Crippen molar-refractivity contribution in [2.45, 2.75) is 11.8 Å². The molecule has 120 valence electrons. The fraction of sp³-hybridized carbons (Fsp3) is 0.0667. The number of hydrogen-bond acceptors (Lipinski definition) is 4. The molecule has 2 aromatic carbocycles. The fourth-order valence-corrected chi connectivity index (χ4v) is 2.99. The van der Waals surface area contributed by atoms with Crippen LogP contribution < -0.4 is 4.72 Å². The second-order valence-electron chi connectivity index (χ2n) is 4.68. The highest BCUT2D eigenvalue weighted by Crippen LogP contribution is 2.22. The van der Waals surface area contributed by atoms with Gasteiger partial charge in [-0.05, 0) is 37.3 Å². The molecule has 0 saturated carbocycles. The lowest BCUT2D eigenvalue weighted by Gasteiger charge is -2.11. The molecule has 0 heterocycles. The van der Waals surface area contributed by atoms with Gasteiger partial charge in [-0.1, -0.05) is 12.1 Å². The number of ketones is 1.